The van der Waals surface area contributed by atoms with Gasteiger partial charge in [0.25, 0.3) is 0 Å². The summed E-state index contributed by atoms with van der Waals surface area (Å²) in [6, 6.07) is 5.14. The molecule has 0 unspecified atom stereocenters. The van der Waals surface area contributed by atoms with Gasteiger partial charge < -0.3 is 9.47 Å². The molecule has 0 saturated heterocycles. The largest absolute Gasteiger partial charge is 0.497 e. The number of benzene rings is 1. The van der Waals surface area contributed by atoms with E-state index in [4.69, 9.17) is 9.47 Å². The highest BCUT2D eigenvalue weighted by Crippen LogP contribution is 2.25. The Morgan fingerprint density at radius 2 is 2.05 bits per heavy atom. The zero-order chi connectivity index (χ0) is 15.4. The van der Waals surface area contributed by atoms with E-state index in [0.717, 1.165) is 11.3 Å². The zero-order valence-corrected chi connectivity index (χ0v) is 12.6. The lowest BCUT2D eigenvalue weighted by molar-refractivity contribution is 0.104. The molecule has 0 radical (unpaired) electrons. The molecule has 0 bridgehead atoms. The minimum absolute atomic E-state index is 0.144. The third-order valence-electron chi connectivity index (χ3n) is 3.36. The van der Waals surface area contributed by atoms with Crippen molar-refractivity contribution in [3.05, 3.63) is 47.3 Å². The number of methoxy groups -OCH3 is 2. The minimum Gasteiger partial charge on any atom is -0.497 e. The smallest absolute Gasteiger partial charge is 0.189 e. The lowest BCUT2D eigenvalue weighted by atomic mass is 10.1. The number of aryl methyl sites for hydroxylation is 1. The molecule has 0 aliphatic heterocycles. The number of carbonyl (C=O) groups excluding carboxylic acids is 1. The fourth-order valence-corrected chi connectivity index (χ4v) is 1.94. The van der Waals surface area contributed by atoms with Gasteiger partial charge in [0.2, 0.25) is 0 Å². The standard InChI is InChI=1S/C16H18N2O3/c1-11-12(10-17-18(11)2)5-7-15(19)14-9-13(20-3)6-8-16(14)21-4/h5-10H,1-4H3/b7-5-. The lowest BCUT2D eigenvalue weighted by Gasteiger charge is -2.07. The maximum atomic E-state index is 12.3. The van der Waals surface area contributed by atoms with E-state index in [2.05, 4.69) is 5.10 Å². The molecule has 0 spiro atoms. The summed E-state index contributed by atoms with van der Waals surface area (Å²) in [5.74, 6) is 0.993. The molecule has 2 aromatic rings. The SMILES string of the molecule is COc1ccc(OC)c(C(=O)/C=C\c2cnn(C)c2C)c1. The Hall–Kier alpha value is -2.56. The average Bonchev–Trinajstić information content (AvgIpc) is 2.83. The molecule has 0 atom stereocenters. The van der Waals surface area contributed by atoms with Gasteiger partial charge in [-0.1, -0.05) is 0 Å². The topological polar surface area (TPSA) is 53.4 Å². The number of hydrogen-bond acceptors (Lipinski definition) is 4. The third-order valence-corrected chi connectivity index (χ3v) is 3.36. The molecule has 0 aliphatic carbocycles. The maximum absolute atomic E-state index is 12.3. The van der Waals surface area contributed by atoms with E-state index >= 15 is 0 Å². The van der Waals surface area contributed by atoms with Crippen LogP contribution in [0.2, 0.25) is 0 Å². The summed E-state index contributed by atoms with van der Waals surface area (Å²) in [4.78, 5) is 12.3. The predicted molar refractivity (Wildman–Crippen MR) is 80.9 cm³/mol. The van der Waals surface area contributed by atoms with Crippen molar-refractivity contribution in [2.45, 2.75) is 6.92 Å². The molecule has 21 heavy (non-hydrogen) atoms. The molecule has 0 N–H and O–H groups in total. The number of aromatic nitrogens is 2. The molecule has 0 aliphatic rings. The fourth-order valence-electron chi connectivity index (χ4n) is 1.94. The van der Waals surface area contributed by atoms with Crippen LogP contribution in [0.4, 0.5) is 0 Å². The van der Waals surface area contributed by atoms with Crippen LogP contribution in [0.1, 0.15) is 21.6 Å². The van der Waals surface area contributed by atoms with Crippen molar-refractivity contribution >= 4 is 11.9 Å². The second-order valence-corrected chi connectivity index (χ2v) is 4.57. The third kappa shape index (κ3) is 3.13. The molecule has 1 aromatic heterocycles. The summed E-state index contributed by atoms with van der Waals surface area (Å²) in [7, 11) is 4.96. The molecular weight excluding hydrogens is 268 g/mol. The Morgan fingerprint density at radius 1 is 1.29 bits per heavy atom. The van der Waals surface area contributed by atoms with E-state index in [0.29, 0.717) is 17.1 Å². The van der Waals surface area contributed by atoms with Gasteiger partial charge >= 0.3 is 0 Å². The summed E-state index contributed by atoms with van der Waals surface area (Å²) in [6.07, 6.45) is 4.99. The zero-order valence-electron chi connectivity index (χ0n) is 12.6. The molecule has 0 amide bonds. The van der Waals surface area contributed by atoms with Crippen molar-refractivity contribution in [2.75, 3.05) is 14.2 Å². The highest BCUT2D eigenvalue weighted by Gasteiger charge is 2.11. The molecule has 0 fully saturated rings. The fraction of sp³-hybridized carbons (Fsp3) is 0.250. The molecule has 5 nitrogen and oxygen atoms in total. The van der Waals surface area contributed by atoms with Gasteiger partial charge in [0, 0.05) is 18.3 Å². The highest BCUT2D eigenvalue weighted by molar-refractivity contribution is 6.08. The molecule has 1 heterocycles. The van der Waals surface area contributed by atoms with Crippen LogP contribution in [-0.4, -0.2) is 29.8 Å². The van der Waals surface area contributed by atoms with Crippen LogP contribution in [0.15, 0.2) is 30.5 Å². The summed E-state index contributed by atoms with van der Waals surface area (Å²) in [5.41, 5.74) is 2.37. The quantitative estimate of drug-likeness (QED) is 0.626. The van der Waals surface area contributed by atoms with Crippen LogP contribution in [0.25, 0.3) is 6.08 Å². The average molecular weight is 286 g/mol. The molecule has 2 rings (SSSR count). The number of nitrogens with zero attached hydrogens (tertiary/aromatic N) is 2. The summed E-state index contributed by atoms with van der Waals surface area (Å²) in [6.45, 7) is 1.95. The van der Waals surface area contributed by atoms with Crippen LogP contribution in [0, 0.1) is 6.92 Å². The minimum atomic E-state index is -0.144. The van der Waals surface area contributed by atoms with Crippen molar-refractivity contribution in [1.82, 2.24) is 9.78 Å². The maximum Gasteiger partial charge on any atom is 0.189 e. The Kier molecular flexibility index (Phi) is 4.42. The Morgan fingerprint density at radius 3 is 2.62 bits per heavy atom. The van der Waals surface area contributed by atoms with Crippen LogP contribution < -0.4 is 9.47 Å². The lowest BCUT2D eigenvalue weighted by Crippen LogP contribution is -2.00. The van der Waals surface area contributed by atoms with Gasteiger partial charge in [0.1, 0.15) is 11.5 Å². The van der Waals surface area contributed by atoms with E-state index in [1.807, 2.05) is 14.0 Å². The summed E-state index contributed by atoms with van der Waals surface area (Å²) < 4.78 is 12.1. The number of ketones is 1. The molecule has 110 valence electrons. The Balaban J connectivity index is 2.29. The molecular formula is C16H18N2O3. The van der Waals surface area contributed by atoms with Crippen molar-refractivity contribution < 1.29 is 14.3 Å². The number of ether oxygens (including phenoxy) is 2. The van der Waals surface area contributed by atoms with E-state index in [-0.39, 0.29) is 5.78 Å². The Bertz CT molecular complexity index is 687. The predicted octanol–water partition coefficient (Wildman–Crippen LogP) is 2.64. The summed E-state index contributed by atoms with van der Waals surface area (Å²) >= 11 is 0. The van der Waals surface area contributed by atoms with Gasteiger partial charge in [-0.2, -0.15) is 5.10 Å². The summed E-state index contributed by atoms with van der Waals surface area (Å²) in [5, 5.41) is 4.14. The second kappa shape index (κ2) is 6.26. The highest BCUT2D eigenvalue weighted by atomic mass is 16.5. The second-order valence-electron chi connectivity index (χ2n) is 4.57. The van der Waals surface area contributed by atoms with Gasteiger partial charge in [-0.05, 0) is 37.3 Å². The Labute approximate surface area is 123 Å². The van der Waals surface area contributed by atoms with E-state index in [9.17, 15) is 4.79 Å². The van der Waals surface area contributed by atoms with Gasteiger partial charge in [-0.15, -0.1) is 0 Å². The van der Waals surface area contributed by atoms with Crippen LogP contribution in [0.3, 0.4) is 0 Å². The van der Waals surface area contributed by atoms with Crippen molar-refractivity contribution in [2.24, 2.45) is 7.05 Å². The van der Waals surface area contributed by atoms with E-state index < -0.39 is 0 Å². The van der Waals surface area contributed by atoms with Gasteiger partial charge in [0.05, 0.1) is 26.0 Å². The van der Waals surface area contributed by atoms with Crippen molar-refractivity contribution in [3.8, 4) is 11.5 Å². The monoisotopic (exact) mass is 286 g/mol. The first kappa shape index (κ1) is 14.8. The normalized spacial score (nSPS) is 10.9. The van der Waals surface area contributed by atoms with Crippen LogP contribution >= 0.6 is 0 Å². The van der Waals surface area contributed by atoms with E-state index in [1.54, 1.807) is 42.3 Å². The van der Waals surface area contributed by atoms with Crippen LogP contribution in [-0.2, 0) is 7.05 Å². The first-order valence-corrected chi connectivity index (χ1v) is 6.50. The number of rotatable bonds is 5. The number of allylic oxidation sites excluding steroid dienone is 1. The first-order valence-electron chi connectivity index (χ1n) is 6.50. The number of hydrogen-bond donors (Lipinski definition) is 0. The van der Waals surface area contributed by atoms with Gasteiger partial charge in [-0.3, -0.25) is 9.48 Å². The van der Waals surface area contributed by atoms with Crippen molar-refractivity contribution in [1.29, 1.82) is 0 Å². The van der Waals surface area contributed by atoms with Gasteiger partial charge in [-0.25, -0.2) is 0 Å². The molecule has 5 heteroatoms. The molecule has 0 saturated carbocycles. The van der Waals surface area contributed by atoms with Crippen LogP contribution in [0.5, 0.6) is 11.5 Å². The van der Waals surface area contributed by atoms with E-state index in [1.165, 1.54) is 13.2 Å². The van der Waals surface area contributed by atoms with Gasteiger partial charge in [0.15, 0.2) is 5.78 Å². The molecule has 1 aromatic carbocycles. The first-order chi connectivity index (χ1) is 10.1. The number of carbonyl (C=O) groups is 1. The van der Waals surface area contributed by atoms with Crippen molar-refractivity contribution in [3.63, 3.8) is 0 Å².